The molecule has 0 radical (unpaired) electrons. The molecule has 8 nitrogen and oxygen atoms in total. The first kappa shape index (κ1) is 18.0. The fourth-order valence-corrected chi connectivity index (χ4v) is 3.35. The van der Waals surface area contributed by atoms with Crippen LogP contribution in [-0.2, 0) is 19.6 Å². The van der Waals surface area contributed by atoms with Gasteiger partial charge in [0.25, 0.3) is 5.91 Å². The van der Waals surface area contributed by atoms with E-state index in [4.69, 9.17) is 0 Å². The monoisotopic (exact) mass is 378 g/mol. The SMILES string of the molecule is CN(C)C(=O)N1CCn2nc(CNC(=O)c3ccc4ncccc4c3)cc2C1. The molecule has 144 valence electrons. The maximum absolute atomic E-state index is 12.5. The number of hydrogen-bond donors (Lipinski definition) is 1. The average molecular weight is 378 g/mol. The summed E-state index contributed by atoms with van der Waals surface area (Å²) >= 11 is 0. The van der Waals surface area contributed by atoms with Crippen LogP contribution in [0.15, 0.2) is 42.6 Å². The number of amides is 3. The lowest BCUT2D eigenvalue weighted by Crippen LogP contribution is -2.43. The highest BCUT2D eigenvalue weighted by Crippen LogP contribution is 2.16. The van der Waals surface area contributed by atoms with Gasteiger partial charge in [-0.2, -0.15) is 5.10 Å². The van der Waals surface area contributed by atoms with Crippen LogP contribution in [0.4, 0.5) is 4.79 Å². The Kier molecular flexibility index (Phi) is 4.68. The van der Waals surface area contributed by atoms with Gasteiger partial charge in [-0.1, -0.05) is 6.07 Å². The first-order valence-corrected chi connectivity index (χ1v) is 9.16. The predicted octanol–water partition coefficient (Wildman–Crippen LogP) is 1.86. The molecule has 0 saturated carbocycles. The van der Waals surface area contributed by atoms with Crippen molar-refractivity contribution < 1.29 is 9.59 Å². The molecule has 0 aliphatic carbocycles. The second-order valence-electron chi connectivity index (χ2n) is 7.04. The van der Waals surface area contributed by atoms with Crippen molar-refractivity contribution in [2.24, 2.45) is 0 Å². The van der Waals surface area contributed by atoms with Crippen LogP contribution in [0, 0.1) is 0 Å². The minimum absolute atomic E-state index is 0.00639. The lowest BCUT2D eigenvalue weighted by molar-refractivity contribution is 0.0950. The molecule has 0 spiro atoms. The van der Waals surface area contributed by atoms with Crippen LogP contribution in [0.3, 0.4) is 0 Å². The van der Waals surface area contributed by atoms with E-state index in [-0.39, 0.29) is 11.9 Å². The number of carbonyl (C=O) groups excluding carboxylic acids is 2. The van der Waals surface area contributed by atoms with Gasteiger partial charge in [0, 0.05) is 37.8 Å². The molecular formula is C20H22N6O2. The molecule has 0 fully saturated rings. The standard InChI is InChI=1S/C20H22N6O2/c1-24(2)20(28)25-8-9-26-17(13-25)11-16(23-26)12-22-19(27)15-5-6-18-14(10-15)4-3-7-21-18/h3-7,10-11H,8-9,12-13H2,1-2H3,(H,22,27). The third kappa shape index (κ3) is 3.53. The van der Waals surface area contributed by atoms with E-state index in [1.807, 2.05) is 35.0 Å². The van der Waals surface area contributed by atoms with E-state index in [0.717, 1.165) is 22.3 Å². The Hall–Kier alpha value is -3.42. The van der Waals surface area contributed by atoms with Gasteiger partial charge in [0.15, 0.2) is 0 Å². The second-order valence-corrected chi connectivity index (χ2v) is 7.04. The molecule has 3 aromatic rings. The van der Waals surface area contributed by atoms with E-state index < -0.39 is 0 Å². The molecule has 3 amide bonds. The van der Waals surface area contributed by atoms with E-state index in [2.05, 4.69) is 15.4 Å². The van der Waals surface area contributed by atoms with Gasteiger partial charge in [-0.05, 0) is 30.3 Å². The fourth-order valence-electron chi connectivity index (χ4n) is 3.35. The van der Waals surface area contributed by atoms with Gasteiger partial charge in [-0.3, -0.25) is 14.5 Å². The Morgan fingerprint density at radius 2 is 2.04 bits per heavy atom. The predicted molar refractivity (Wildman–Crippen MR) is 105 cm³/mol. The van der Waals surface area contributed by atoms with Crippen molar-refractivity contribution >= 4 is 22.8 Å². The first-order chi connectivity index (χ1) is 13.5. The molecule has 0 unspecified atom stereocenters. The Balaban J connectivity index is 1.41. The van der Waals surface area contributed by atoms with Crippen LogP contribution in [0.1, 0.15) is 21.7 Å². The summed E-state index contributed by atoms with van der Waals surface area (Å²) in [4.78, 5) is 32.3. The minimum Gasteiger partial charge on any atom is -0.346 e. The normalized spacial score (nSPS) is 13.3. The molecule has 4 rings (SSSR count). The maximum Gasteiger partial charge on any atom is 0.319 e. The number of nitrogens with zero attached hydrogens (tertiary/aromatic N) is 5. The molecule has 1 aliphatic heterocycles. The van der Waals surface area contributed by atoms with Crippen LogP contribution in [-0.4, -0.2) is 57.1 Å². The third-order valence-corrected chi connectivity index (χ3v) is 4.80. The minimum atomic E-state index is -0.152. The van der Waals surface area contributed by atoms with Crippen LogP contribution >= 0.6 is 0 Å². The van der Waals surface area contributed by atoms with Crippen molar-refractivity contribution in [3.8, 4) is 0 Å². The van der Waals surface area contributed by atoms with Gasteiger partial charge in [0.05, 0.1) is 36.5 Å². The molecule has 0 atom stereocenters. The number of nitrogens with one attached hydrogen (secondary N) is 1. The number of aromatic nitrogens is 3. The number of fused-ring (bicyclic) bond motifs is 2. The van der Waals surface area contributed by atoms with Crippen molar-refractivity contribution in [3.05, 3.63) is 59.5 Å². The zero-order valence-corrected chi connectivity index (χ0v) is 15.9. The van der Waals surface area contributed by atoms with Gasteiger partial charge in [0.2, 0.25) is 0 Å². The summed E-state index contributed by atoms with van der Waals surface area (Å²) < 4.78 is 1.91. The van der Waals surface area contributed by atoms with Gasteiger partial charge in [-0.15, -0.1) is 0 Å². The first-order valence-electron chi connectivity index (χ1n) is 9.16. The molecule has 0 bridgehead atoms. The van der Waals surface area contributed by atoms with Crippen molar-refractivity contribution in [1.29, 1.82) is 0 Å². The van der Waals surface area contributed by atoms with E-state index in [9.17, 15) is 9.59 Å². The number of pyridine rings is 1. The number of carbonyl (C=O) groups is 2. The Morgan fingerprint density at radius 3 is 2.86 bits per heavy atom. The van der Waals surface area contributed by atoms with Crippen LogP contribution in [0.2, 0.25) is 0 Å². The largest absolute Gasteiger partial charge is 0.346 e. The summed E-state index contributed by atoms with van der Waals surface area (Å²) in [6.07, 6.45) is 1.73. The number of rotatable bonds is 3. The molecule has 28 heavy (non-hydrogen) atoms. The summed E-state index contributed by atoms with van der Waals surface area (Å²) in [5, 5.41) is 8.39. The molecule has 8 heteroatoms. The number of urea groups is 1. The van der Waals surface area contributed by atoms with Crippen molar-refractivity contribution in [2.45, 2.75) is 19.6 Å². The number of benzene rings is 1. The summed E-state index contributed by atoms with van der Waals surface area (Å²) in [5.41, 5.74) is 3.21. The van der Waals surface area contributed by atoms with E-state index >= 15 is 0 Å². The smallest absolute Gasteiger partial charge is 0.319 e. The number of hydrogen-bond acceptors (Lipinski definition) is 4. The lowest BCUT2D eigenvalue weighted by atomic mass is 10.1. The Labute approximate surface area is 162 Å². The molecule has 3 heterocycles. The highest BCUT2D eigenvalue weighted by atomic mass is 16.2. The maximum atomic E-state index is 12.5. The second kappa shape index (κ2) is 7.30. The topological polar surface area (TPSA) is 83.4 Å². The summed E-state index contributed by atoms with van der Waals surface area (Å²) in [5.74, 6) is -0.152. The average Bonchev–Trinajstić information content (AvgIpc) is 3.13. The summed E-state index contributed by atoms with van der Waals surface area (Å²) in [6.45, 7) is 2.14. The summed E-state index contributed by atoms with van der Waals surface area (Å²) in [7, 11) is 3.50. The van der Waals surface area contributed by atoms with Gasteiger partial charge in [-0.25, -0.2) is 4.79 Å². The Bertz CT molecular complexity index is 1040. The molecule has 0 saturated heterocycles. The zero-order valence-electron chi connectivity index (χ0n) is 15.9. The van der Waals surface area contributed by atoms with E-state index in [0.29, 0.717) is 31.7 Å². The van der Waals surface area contributed by atoms with E-state index in [1.165, 1.54) is 0 Å². The third-order valence-electron chi connectivity index (χ3n) is 4.80. The van der Waals surface area contributed by atoms with Crippen molar-refractivity contribution in [3.63, 3.8) is 0 Å². The highest BCUT2D eigenvalue weighted by molar-refractivity contribution is 5.97. The van der Waals surface area contributed by atoms with Crippen LogP contribution < -0.4 is 5.32 Å². The van der Waals surface area contributed by atoms with Crippen molar-refractivity contribution in [2.75, 3.05) is 20.6 Å². The van der Waals surface area contributed by atoms with Gasteiger partial charge < -0.3 is 15.1 Å². The molecular weight excluding hydrogens is 356 g/mol. The molecule has 1 aromatic carbocycles. The van der Waals surface area contributed by atoms with Crippen LogP contribution in [0.5, 0.6) is 0 Å². The molecule has 2 aromatic heterocycles. The lowest BCUT2D eigenvalue weighted by Gasteiger charge is -2.29. The molecule has 1 aliphatic rings. The summed E-state index contributed by atoms with van der Waals surface area (Å²) in [6, 6.07) is 11.2. The fraction of sp³-hybridized carbons (Fsp3) is 0.300. The van der Waals surface area contributed by atoms with Crippen molar-refractivity contribution in [1.82, 2.24) is 29.9 Å². The quantitative estimate of drug-likeness (QED) is 0.754. The molecule has 1 N–H and O–H groups in total. The zero-order chi connectivity index (χ0) is 19.7. The van der Waals surface area contributed by atoms with Gasteiger partial charge >= 0.3 is 6.03 Å². The van der Waals surface area contributed by atoms with Crippen LogP contribution in [0.25, 0.3) is 10.9 Å². The van der Waals surface area contributed by atoms with Gasteiger partial charge in [0.1, 0.15) is 0 Å². The Morgan fingerprint density at radius 1 is 1.18 bits per heavy atom. The van der Waals surface area contributed by atoms with E-state index in [1.54, 1.807) is 36.2 Å². The highest BCUT2D eigenvalue weighted by Gasteiger charge is 2.23.